The fraction of sp³-hybridized carbons (Fsp3) is 0.500. The van der Waals surface area contributed by atoms with E-state index < -0.39 is 0 Å². The van der Waals surface area contributed by atoms with Crippen LogP contribution in [0.2, 0.25) is 0 Å². The maximum Gasteiger partial charge on any atom is 0.338 e. The largest absolute Gasteiger partial charge is 0.459 e. The zero-order chi connectivity index (χ0) is 12.3. The van der Waals surface area contributed by atoms with Crippen molar-refractivity contribution >= 4 is 11.8 Å². The number of likely N-dealkylation sites (tertiary alicyclic amines) is 1. The normalized spacial score (nSPS) is 17.9. The monoisotopic (exact) mass is 235 g/mol. The van der Waals surface area contributed by atoms with Crippen LogP contribution in [0.1, 0.15) is 23.2 Å². The Bertz CT molecular complexity index is 400. The van der Waals surface area contributed by atoms with E-state index in [0.29, 0.717) is 11.4 Å². The Kier molecular flexibility index (Phi) is 3.58. The molecule has 0 saturated carbocycles. The van der Waals surface area contributed by atoms with Gasteiger partial charge in [0.15, 0.2) is 0 Å². The molecular formula is C12H17N3O2. The molecular weight excluding hydrogens is 218 g/mol. The second-order valence-electron chi connectivity index (χ2n) is 4.38. The van der Waals surface area contributed by atoms with Crippen molar-refractivity contribution in [1.29, 1.82) is 0 Å². The minimum atomic E-state index is -0.311. The van der Waals surface area contributed by atoms with Crippen LogP contribution in [0.4, 0.5) is 5.82 Å². The van der Waals surface area contributed by atoms with Crippen LogP contribution in [0.15, 0.2) is 18.3 Å². The van der Waals surface area contributed by atoms with Crippen LogP contribution >= 0.6 is 0 Å². The SMILES string of the molecule is CN1CCC(OC(=O)c2ccnc(N)c2)CC1. The summed E-state index contributed by atoms with van der Waals surface area (Å²) in [6, 6.07) is 3.16. The predicted octanol–water partition coefficient (Wildman–Crippen LogP) is 0.915. The Balaban J connectivity index is 1.93. The summed E-state index contributed by atoms with van der Waals surface area (Å²) in [5.41, 5.74) is 5.99. The molecule has 1 aromatic rings. The van der Waals surface area contributed by atoms with Crippen molar-refractivity contribution in [3.8, 4) is 0 Å². The second-order valence-corrected chi connectivity index (χ2v) is 4.38. The average molecular weight is 235 g/mol. The topological polar surface area (TPSA) is 68.5 Å². The number of esters is 1. The molecule has 0 radical (unpaired) electrons. The number of nitrogens with zero attached hydrogens (tertiary/aromatic N) is 2. The van der Waals surface area contributed by atoms with Crippen molar-refractivity contribution in [2.24, 2.45) is 0 Å². The van der Waals surface area contributed by atoms with Crippen molar-refractivity contribution < 1.29 is 9.53 Å². The molecule has 1 aliphatic heterocycles. The molecule has 0 atom stereocenters. The smallest absolute Gasteiger partial charge is 0.338 e. The van der Waals surface area contributed by atoms with Gasteiger partial charge >= 0.3 is 5.97 Å². The molecule has 0 bridgehead atoms. The lowest BCUT2D eigenvalue weighted by Gasteiger charge is -2.28. The van der Waals surface area contributed by atoms with Gasteiger partial charge in [-0.2, -0.15) is 0 Å². The molecule has 1 aromatic heterocycles. The second kappa shape index (κ2) is 5.14. The first-order chi connectivity index (χ1) is 8.15. The number of nitrogens with two attached hydrogens (primary N) is 1. The van der Waals surface area contributed by atoms with Gasteiger partial charge in [0, 0.05) is 19.3 Å². The molecule has 0 aliphatic carbocycles. The molecule has 2 heterocycles. The highest BCUT2D eigenvalue weighted by Gasteiger charge is 2.21. The number of aromatic nitrogens is 1. The average Bonchev–Trinajstić information content (AvgIpc) is 2.32. The number of rotatable bonds is 2. The lowest BCUT2D eigenvalue weighted by Crippen LogP contribution is -2.35. The van der Waals surface area contributed by atoms with Crippen LogP contribution in [-0.4, -0.2) is 42.1 Å². The Labute approximate surface area is 101 Å². The van der Waals surface area contributed by atoms with E-state index in [4.69, 9.17) is 10.5 Å². The van der Waals surface area contributed by atoms with Gasteiger partial charge in [0.05, 0.1) is 5.56 Å². The standard InChI is InChI=1S/C12H17N3O2/c1-15-6-3-10(4-7-15)17-12(16)9-2-5-14-11(13)8-9/h2,5,8,10H,3-4,6-7H2,1H3,(H2,13,14). The molecule has 0 aromatic carbocycles. The van der Waals surface area contributed by atoms with Crippen molar-refractivity contribution in [1.82, 2.24) is 9.88 Å². The molecule has 1 aliphatic rings. The molecule has 1 saturated heterocycles. The zero-order valence-electron chi connectivity index (χ0n) is 9.93. The van der Waals surface area contributed by atoms with Crippen LogP contribution in [0.3, 0.4) is 0 Å². The Morgan fingerprint density at radius 3 is 2.88 bits per heavy atom. The van der Waals surface area contributed by atoms with E-state index in [-0.39, 0.29) is 12.1 Å². The summed E-state index contributed by atoms with van der Waals surface area (Å²) in [5, 5.41) is 0. The van der Waals surface area contributed by atoms with E-state index in [9.17, 15) is 4.79 Å². The summed E-state index contributed by atoms with van der Waals surface area (Å²) in [7, 11) is 2.07. The van der Waals surface area contributed by atoms with Gasteiger partial charge in [-0.3, -0.25) is 0 Å². The number of anilines is 1. The molecule has 5 nitrogen and oxygen atoms in total. The first-order valence-electron chi connectivity index (χ1n) is 5.76. The third kappa shape index (κ3) is 3.17. The molecule has 5 heteroatoms. The summed E-state index contributed by atoms with van der Waals surface area (Å²) < 4.78 is 5.43. The van der Waals surface area contributed by atoms with Crippen molar-refractivity contribution in [3.63, 3.8) is 0 Å². The molecule has 92 valence electrons. The summed E-state index contributed by atoms with van der Waals surface area (Å²) in [5.74, 6) is 0.0245. The molecule has 0 spiro atoms. The van der Waals surface area contributed by atoms with Gasteiger partial charge in [-0.15, -0.1) is 0 Å². The van der Waals surface area contributed by atoms with Gasteiger partial charge in [0.25, 0.3) is 0 Å². The summed E-state index contributed by atoms with van der Waals surface area (Å²) in [6.45, 7) is 1.94. The fourth-order valence-electron chi connectivity index (χ4n) is 1.90. The van der Waals surface area contributed by atoms with Gasteiger partial charge in [0.2, 0.25) is 0 Å². The number of piperidine rings is 1. The number of hydrogen-bond donors (Lipinski definition) is 1. The third-order valence-corrected chi connectivity index (χ3v) is 2.96. The van der Waals surface area contributed by atoms with Crippen molar-refractivity contribution in [2.75, 3.05) is 25.9 Å². The van der Waals surface area contributed by atoms with Crippen LogP contribution in [0.25, 0.3) is 0 Å². The molecule has 0 unspecified atom stereocenters. The minimum absolute atomic E-state index is 0.0214. The van der Waals surface area contributed by atoms with E-state index in [1.807, 2.05) is 0 Å². The molecule has 2 N–H and O–H groups in total. The lowest BCUT2D eigenvalue weighted by atomic mass is 10.1. The Hall–Kier alpha value is -1.62. The van der Waals surface area contributed by atoms with Crippen LogP contribution in [0.5, 0.6) is 0 Å². The van der Waals surface area contributed by atoms with Crippen LogP contribution in [0, 0.1) is 0 Å². The first-order valence-corrected chi connectivity index (χ1v) is 5.76. The lowest BCUT2D eigenvalue weighted by molar-refractivity contribution is 0.0139. The van der Waals surface area contributed by atoms with Gasteiger partial charge in [-0.25, -0.2) is 9.78 Å². The number of nitrogen functional groups attached to an aromatic ring is 1. The molecule has 1 fully saturated rings. The predicted molar refractivity (Wildman–Crippen MR) is 64.6 cm³/mol. The quantitative estimate of drug-likeness (QED) is 0.772. The Morgan fingerprint density at radius 2 is 2.24 bits per heavy atom. The van der Waals surface area contributed by atoms with E-state index in [2.05, 4.69) is 16.9 Å². The maximum absolute atomic E-state index is 11.8. The molecule has 0 amide bonds. The first kappa shape index (κ1) is 11.9. The van der Waals surface area contributed by atoms with Crippen molar-refractivity contribution in [2.45, 2.75) is 18.9 Å². The maximum atomic E-state index is 11.8. The van der Waals surface area contributed by atoms with E-state index in [1.165, 1.54) is 12.3 Å². The summed E-state index contributed by atoms with van der Waals surface area (Å²) >= 11 is 0. The van der Waals surface area contributed by atoms with E-state index in [1.54, 1.807) is 6.07 Å². The fourth-order valence-corrected chi connectivity index (χ4v) is 1.90. The molecule has 17 heavy (non-hydrogen) atoms. The van der Waals surface area contributed by atoms with Gasteiger partial charge < -0.3 is 15.4 Å². The van der Waals surface area contributed by atoms with Crippen LogP contribution < -0.4 is 5.73 Å². The third-order valence-electron chi connectivity index (χ3n) is 2.96. The molecule has 2 rings (SSSR count). The van der Waals surface area contributed by atoms with Crippen molar-refractivity contribution in [3.05, 3.63) is 23.9 Å². The van der Waals surface area contributed by atoms with E-state index in [0.717, 1.165) is 25.9 Å². The zero-order valence-corrected chi connectivity index (χ0v) is 9.93. The summed E-state index contributed by atoms with van der Waals surface area (Å²) in [6.07, 6.45) is 3.32. The van der Waals surface area contributed by atoms with Gasteiger partial charge in [0.1, 0.15) is 11.9 Å². The Morgan fingerprint density at radius 1 is 1.53 bits per heavy atom. The van der Waals surface area contributed by atoms with Gasteiger partial charge in [-0.05, 0) is 32.0 Å². The minimum Gasteiger partial charge on any atom is -0.459 e. The number of carbonyl (C=O) groups is 1. The number of ether oxygens (including phenoxy) is 1. The number of carbonyl (C=O) groups excluding carboxylic acids is 1. The summed E-state index contributed by atoms with van der Waals surface area (Å²) in [4.78, 5) is 17.9. The van der Waals surface area contributed by atoms with Gasteiger partial charge in [-0.1, -0.05) is 0 Å². The highest BCUT2D eigenvalue weighted by molar-refractivity contribution is 5.90. The van der Waals surface area contributed by atoms with E-state index >= 15 is 0 Å². The number of hydrogen-bond acceptors (Lipinski definition) is 5. The highest BCUT2D eigenvalue weighted by atomic mass is 16.5. The highest BCUT2D eigenvalue weighted by Crippen LogP contribution is 2.15. The number of pyridine rings is 1. The van der Waals surface area contributed by atoms with Crippen LogP contribution in [-0.2, 0) is 4.74 Å².